The lowest BCUT2D eigenvalue weighted by Gasteiger charge is -2.26. The molecule has 0 saturated heterocycles. The first kappa shape index (κ1) is 9.77. The molecule has 1 heterocycles. The van der Waals surface area contributed by atoms with Gasteiger partial charge < -0.3 is 10.5 Å². The largest absolute Gasteiger partial charge is 0.474 e. The first-order valence-corrected chi connectivity index (χ1v) is 5.55. The Bertz CT molecular complexity index is 350. The third-order valence-corrected chi connectivity index (χ3v) is 3.11. The van der Waals surface area contributed by atoms with Crippen LogP contribution in [0.15, 0.2) is 10.7 Å². The van der Waals surface area contributed by atoms with Crippen molar-refractivity contribution in [1.82, 2.24) is 4.98 Å². The van der Waals surface area contributed by atoms with Gasteiger partial charge in [-0.1, -0.05) is 0 Å². The number of nitrogens with two attached hydrogens (primary N) is 1. The Kier molecular flexibility index (Phi) is 2.63. The average molecular weight is 257 g/mol. The van der Waals surface area contributed by atoms with Crippen LogP contribution in [0, 0.1) is 6.92 Å². The maximum Gasteiger partial charge on any atom is 0.217 e. The average Bonchev–Trinajstić information content (AvgIpc) is 2.06. The molecular weight excluding hydrogens is 244 g/mol. The maximum absolute atomic E-state index is 5.72. The number of anilines is 1. The van der Waals surface area contributed by atoms with Crippen LogP contribution < -0.4 is 10.5 Å². The van der Waals surface area contributed by atoms with Crippen LogP contribution in [0.5, 0.6) is 5.88 Å². The van der Waals surface area contributed by atoms with Crippen molar-refractivity contribution in [3.8, 4) is 5.88 Å². The summed E-state index contributed by atoms with van der Waals surface area (Å²) in [7, 11) is 0. The van der Waals surface area contributed by atoms with Gasteiger partial charge in [-0.2, -0.15) is 0 Å². The monoisotopic (exact) mass is 256 g/mol. The Morgan fingerprint density at radius 2 is 2.29 bits per heavy atom. The van der Waals surface area contributed by atoms with Crippen molar-refractivity contribution in [3.63, 3.8) is 0 Å². The molecule has 1 aromatic heterocycles. The van der Waals surface area contributed by atoms with E-state index in [1.165, 1.54) is 6.42 Å². The molecule has 1 aliphatic carbocycles. The highest BCUT2D eigenvalue weighted by atomic mass is 79.9. The molecule has 1 saturated carbocycles. The zero-order valence-corrected chi connectivity index (χ0v) is 9.67. The van der Waals surface area contributed by atoms with Gasteiger partial charge in [0, 0.05) is 5.56 Å². The quantitative estimate of drug-likeness (QED) is 0.828. The second kappa shape index (κ2) is 3.77. The number of rotatable bonds is 2. The molecule has 2 N–H and O–H groups in total. The van der Waals surface area contributed by atoms with Gasteiger partial charge in [-0.3, -0.25) is 0 Å². The number of pyridine rings is 1. The van der Waals surface area contributed by atoms with E-state index in [2.05, 4.69) is 20.9 Å². The lowest BCUT2D eigenvalue weighted by atomic mass is 9.96. The first-order valence-electron chi connectivity index (χ1n) is 4.76. The van der Waals surface area contributed by atoms with Gasteiger partial charge in [0.15, 0.2) is 0 Å². The number of ether oxygens (including phenoxy) is 1. The van der Waals surface area contributed by atoms with E-state index in [4.69, 9.17) is 10.5 Å². The predicted molar refractivity (Wildman–Crippen MR) is 59.4 cm³/mol. The zero-order valence-electron chi connectivity index (χ0n) is 8.09. The number of hydrogen-bond acceptors (Lipinski definition) is 3. The van der Waals surface area contributed by atoms with E-state index < -0.39 is 0 Å². The van der Waals surface area contributed by atoms with Gasteiger partial charge in [0.25, 0.3) is 0 Å². The highest BCUT2D eigenvalue weighted by molar-refractivity contribution is 9.10. The van der Waals surface area contributed by atoms with Crippen LogP contribution in [-0.4, -0.2) is 11.1 Å². The standard InChI is InChI=1S/C10H13BrN2O/c1-6-5-8(12)9(11)13-10(6)14-7-3-2-4-7/h5,7H,2-4,12H2,1H3. The second-order valence-electron chi connectivity index (χ2n) is 3.66. The van der Waals surface area contributed by atoms with E-state index in [-0.39, 0.29) is 0 Å². The molecule has 2 rings (SSSR count). The van der Waals surface area contributed by atoms with Crippen LogP contribution in [0.1, 0.15) is 24.8 Å². The molecule has 0 aromatic carbocycles. The molecule has 14 heavy (non-hydrogen) atoms. The predicted octanol–water partition coefficient (Wildman–Crippen LogP) is 2.67. The van der Waals surface area contributed by atoms with Crippen molar-refractivity contribution in [2.45, 2.75) is 32.3 Å². The van der Waals surface area contributed by atoms with Crippen molar-refractivity contribution in [2.24, 2.45) is 0 Å². The van der Waals surface area contributed by atoms with E-state index in [9.17, 15) is 0 Å². The van der Waals surface area contributed by atoms with E-state index in [1.54, 1.807) is 0 Å². The SMILES string of the molecule is Cc1cc(N)c(Br)nc1OC1CCC1. The Labute approximate surface area is 91.8 Å². The summed E-state index contributed by atoms with van der Waals surface area (Å²) in [6, 6.07) is 1.88. The number of aromatic nitrogens is 1. The molecule has 0 atom stereocenters. The van der Waals surface area contributed by atoms with Crippen LogP contribution in [0.25, 0.3) is 0 Å². The van der Waals surface area contributed by atoms with E-state index in [1.807, 2.05) is 13.0 Å². The highest BCUT2D eigenvalue weighted by Crippen LogP contribution is 2.29. The number of aryl methyl sites for hydroxylation is 1. The molecule has 4 heteroatoms. The van der Waals surface area contributed by atoms with Gasteiger partial charge in [-0.15, -0.1) is 0 Å². The third-order valence-electron chi connectivity index (χ3n) is 2.48. The summed E-state index contributed by atoms with van der Waals surface area (Å²) in [4.78, 5) is 4.26. The Morgan fingerprint density at radius 1 is 1.57 bits per heavy atom. The number of halogens is 1. The van der Waals surface area contributed by atoms with Crippen molar-refractivity contribution in [1.29, 1.82) is 0 Å². The topological polar surface area (TPSA) is 48.1 Å². The summed E-state index contributed by atoms with van der Waals surface area (Å²) in [5.74, 6) is 0.704. The lowest BCUT2D eigenvalue weighted by Crippen LogP contribution is -2.25. The normalized spacial score (nSPS) is 16.4. The van der Waals surface area contributed by atoms with Gasteiger partial charge in [0.2, 0.25) is 5.88 Å². The van der Waals surface area contributed by atoms with E-state index in [0.717, 1.165) is 18.4 Å². The van der Waals surface area contributed by atoms with Gasteiger partial charge in [0.1, 0.15) is 10.7 Å². The summed E-state index contributed by atoms with van der Waals surface area (Å²) in [6.07, 6.45) is 3.91. The molecule has 0 unspecified atom stereocenters. The lowest BCUT2D eigenvalue weighted by molar-refractivity contribution is 0.113. The molecule has 0 amide bonds. The van der Waals surface area contributed by atoms with Crippen LogP contribution in [0.4, 0.5) is 5.69 Å². The molecule has 0 bridgehead atoms. The fourth-order valence-electron chi connectivity index (χ4n) is 1.36. The van der Waals surface area contributed by atoms with Crippen molar-refractivity contribution in [3.05, 3.63) is 16.2 Å². The molecule has 3 nitrogen and oxygen atoms in total. The van der Waals surface area contributed by atoms with E-state index in [0.29, 0.717) is 22.3 Å². The zero-order chi connectivity index (χ0) is 10.1. The number of hydrogen-bond donors (Lipinski definition) is 1. The molecule has 1 aromatic rings. The molecule has 1 aliphatic rings. The van der Waals surface area contributed by atoms with Crippen LogP contribution >= 0.6 is 15.9 Å². The summed E-state index contributed by atoms with van der Waals surface area (Å²) in [6.45, 7) is 1.96. The Morgan fingerprint density at radius 3 is 2.86 bits per heavy atom. The third kappa shape index (κ3) is 1.85. The van der Waals surface area contributed by atoms with Crippen LogP contribution in [0.2, 0.25) is 0 Å². The number of nitrogens with zero attached hydrogens (tertiary/aromatic N) is 1. The molecule has 76 valence electrons. The minimum absolute atomic E-state index is 0.358. The van der Waals surface area contributed by atoms with Gasteiger partial charge in [-0.05, 0) is 48.2 Å². The Balaban J connectivity index is 2.19. The number of nitrogen functional groups attached to an aromatic ring is 1. The first-order chi connectivity index (χ1) is 6.66. The minimum atomic E-state index is 0.358. The van der Waals surface area contributed by atoms with Gasteiger partial charge in [-0.25, -0.2) is 4.98 Å². The highest BCUT2D eigenvalue weighted by Gasteiger charge is 2.20. The maximum atomic E-state index is 5.72. The fourth-order valence-corrected chi connectivity index (χ4v) is 1.64. The summed E-state index contributed by atoms with van der Waals surface area (Å²) in [5, 5.41) is 0. The van der Waals surface area contributed by atoms with E-state index >= 15 is 0 Å². The molecule has 0 radical (unpaired) electrons. The summed E-state index contributed by atoms with van der Waals surface area (Å²) in [5.41, 5.74) is 7.36. The summed E-state index contributed by atoms with van der Waals surface area (Å²) >= 11 is 3.29. The molecule has 1 fully saturated rings. The molecule has 0 spiro atoms. The van der Waals surface area contributed by atoms with Gasteiger partial charge in [0.05, 0.1) is 5.69 Å². The van der Waals surface area contributed by atoms with Crippen LogP contribution in [0.3, 0.4) is 0 Å². The second-order valence-corrected chi connectivity index (χ2v) is 4.41. The van der Waals surface area contributed by atoms with Crippen molar-refractivity contribution < 1.29 is 4.74 Å². The van der Waals surface area contributed by atoms with Crippen LogP contribution in [-0.2, 0) is 0 Å². The molecular formula is C10H13BrN2O. The Hall–Kier alpha value is -0.770. The smallest absolute Gasteiger partial charge is 0.217 e. The fraction of sp³-hybridized carbons (Fsp3) is 0.500. The summed E-state index contributed by atoms with van der Waals surface area (Å²) < 4.78 is 6.38. The van der Waals surface area contributed by atoms with Crippen molar-refractivity contribution in [2.75, 3.05) is 5.73 Å². The minimum Gasteiger partial charge on any atom is -0.474 e. The van der Waals surface area contributed by atoms with Crippen molar-refractivity contribution >= 4 is 21.6 Å². The molecule has 0 aliphatic heterocycles. The van der Waals surface area contributed by atoms with Gasteiger partial charge >= 0.3 is 0 Å².